The molecule has 196 valence electrons. The number of ether oxygens (including phenoxy) is 1. The zero-order valence-corrected chi connectivity index (χ0v) is 21.7. The Kier molecular flexibility index (Phi) is 7.62. The van der Waals surface area contributed by atoms with Gasteiger partial charge in [-0.3, -0.25) is 4.90 Å². The second-order valence-electron chi connectivity index (χ2n) is 10.7. The van der Waals surface area contributed by atoms with Crippen LogP contribution in [-0.4, -0.2) is 71.8 Å². The Hall–Kier alpha value is -3.88. The van der Waals surface area contributed by atoms with Gasteiger partial charge < -0.3 is 14.5 Å². The van der Waals surface area contributed by atoms with E-state index in [0.717, 1.165) is 32.4 Å². The second-order valence-corrected chi connectivity index (χ2v) is 10.7. The molecule has 8 nitrogen and oxygen atoms in total. The van der Waals surface area contributed by atoms with Crippen LogP contribution in [0.2, 0.25) is 0 Å². The highest BCUT2D eigenvalue weighted by Gasteiger charge is 2.50. The van der Waals surface area contributed by atoms with Crippen molar-refractivity contribution in [2.45, 2.75) is 43.2 Å². The number of anilines is 1. The van der Waals surface area contributed by atoms with Crippen molar-refractivity contribution in [3.8, 4) is 12.1 Å². The summed E-state index contributed by atoms with van der Waals surface area (Å²) in [6, 6.07) is 18.7. The summed E-state index contributed by atoms with van der Waals surface area (Å²) < 4.78 is 5.48. The lowest BCUT2D eigenvalue weighted by atomic mass is 9.81. The molecule has 1 aromatic carbocycles. The van der Waals surface area contributed by atoms with Gasteiger partial charge in [-0.1, -0.05) is 43.0 Å². The molecule has 1 saturated carbocycles. The first-order chi connectivity index (χ1) is 18.6. The Morgan fingerprint density at radius 2 is 1.95 bits per heavy atom. The van der Waals surface area contributed by atoms with Crippen LogP contribution in [0.1, 0.15) is 42.7 Å². The maximum atomic E-state index is 13.0. The van der Waals surface area contributed by atoms with E-state index in [9.17, 15) is 15.3 Å². The number of rotatable bonds is 9. The molecule has 1 aromatic heterocycles. The second kappa shape index (κ2) is 11.2. The van der Waals surface area contributed by atoms with Crippen LogP contribution < -0.4 is 4.90 Å². The van der Waals surface area contributed by atoms with Gasteiger partial charge in [0.2, 0.25) is 0 Å². The van der Waals surface area contributed by atoms with Crippen molar-refractivity contribution in [2.75, 3.05) is 44.2 Å². The molecule has 0 spiro atoms. The first-order valence-corrected chi connectivity index (χ1v) is 13.4. The molecule has 3 aliphatic rings. The van der Waals surface area contributed by atoms with Crippen molar-refractivity contribution in [1.29, 1.82) is 10.5 Å². The fourth-order valence-corrected chi connectivity index (χ4v) is 6.13. The third-order valence-corrected chi connectivity index (χ3v) is 8.27. The van der Waals surface area contributed by atoms with Crippen LogP contribution in [0, 0.1) is 28.6 Å². The molecule has 3 heterocycles. The van der Waals surface area contributed by atoms with Crippen LogP contribution in [-0.2, 0) is 4.74 Å². The predicted octanol–water partition coefficient (Wildman–Crippen LogP) is 4.32. The molecule has 0 radical (unpaired) electrons. The normalized spacial score (nSPS) is 22.4. The Bertz CT molecular complexity index is 1220. The number of benzene rings is 1. The van der Waals surface area contributed by atoms with Crippen molar-refractivity contribution < 1.29 is 9.53 Å². The lowest BCUT2D eigenvalue weighted by Crippen LogP contribution is -2.71. The van der Waals surface area contributed by atoms with E-state index in [1.165, 1.54) is 5.56 Å². The molecular formula is C30H34N6O2. The number of nitriles is 2. The van der Waals surface area contributed by atoms with E-state index in [-0.39, 0.29) is 24.3 Å². The van der Waals surface area contributed by atoms with Gasteiger partial charge in [0.25, 0.3) is 0 Å². The SMILES string of the molecule is C=CCOC(=O)N(CC1CCN(C2(CC#N)CN(c3ncccc3C#N)C2)CC1)[C@@H]1C[C@H]1c1ccccc1. The summed E-state index contributed by atoms with van der Waals surface area (Å²) in [5.41, 5.74) is 1.62. The van der Waals surface area contributed by atoms with Crippen LogP contribution in [0.25, 0.3) is 0 Å². The van der Waals surface area contributed by atoms with E-state index in [2.05, 4.69) is 57.8 Å². The van der Waals surface area contributed by atoms with E-state index < -0.39 is 0 Å². The third-order valence-electron chi connectivity index (χ3n) is 8.27. The average molecular weight is 511 g/mol. The number of aromatic nitrogens is 1. The van der Waals surface area contributed by atoms with Crippen molar-refractivity contribution in [2.24, 2.45) is 5.92 Å². The van der Waals surface area contributed by atoms with Crippen molar-refractivity contribution in [3.05, 3.63) is 72.4 Å². The molecule has 38 heavy (non-hydrogen) atoms. The smallest absolute Gasteiger partial charge is 0.410 e. The highest BCUT2D eigenvalue weighted by atomic mass is 16.6. The van der Waals surface area contributed by atoms with Gasteiger partial charge in [0, 0.05) is 37.8 Å². The molecule has 1 amide bonds. The molecular weight excluding hydrogens is 476 g/mol. The number of pyridine rings is 1. The van der Waals surface area contributed by atoms with Crippen LogP contribution >= 0.6 is 0 Å². The van der Waals surface area contributed by atoms with Gasteiger partial charge in [0.05, 0.1) is 23.6 Å². The van der Waals surface area contributed by atoms with Crippen molar-refractivity contribution in [1.82, 2.24) is 14.8 Å². The van der Waals surface area contributed by atoms with E-state index in [1.54, 1.807) is 24.4 Å². The first-order valence-electron chi connectivity index (χ1n) is 13.4. The maximum Gasteiger partial charge on any atom is 0.410 e. The van der Waals surface area contributed by atoms with Crippen LogP contribution in [0.15, 0.2) is 61.3 Å². The number of hydrogen-bond donors (Lipinski definition) is 0. The largest absolute Gasteiger partial charge is 0.445 e. The highest BCUT2D eigenvalue weighted by Crippen LogP contribution is 2.46. The summed E-state index contributed by atoms with van der Waals surface area (Å²) in [4.78, 5) is 23.9. The summed E-state index contributed by atoms with van der Waals surface area (Å²) in [5.74, 6) is 1.44. The lowest BCUT2D eigenvalue weighted by molar-refractivity contribution is 0.0220. The van der Waals surface area contributed by atoms with Gasteiger partial charge in [-0.25, -0.2) is 9.78 Å². The summed E-state index contributed by atoms with van der Waals surface area (Å²) in [5, 5.41) is 19.1. The van der Waals surface area contributed by atoms with Crippen LogP contribution in [0.4, 0.5) is 10.6 Å². The Morgan fingerprint density at radius 3 is 2.63 bits per heavy atom. The number of carbonyl (C=O) groups excluding carboxylic acids is 1. The number of likely N-dealkylation sites (tertiary alicyclic amines) is 1. The van der Waals surface area contributed by atoms with E-state index >= 15 is 0 Å². The Morgan fingerprint density at radius 1 is 1.18 bits per heavy atom. The topological polar surface area (TPSA) is 96.5 Å². The lowest BCUT2D eigenvalue weighted by Gasteiger charge is -2.57. The molecule has 2 aliphatic heterocycles. The molecule has 0 bridgehead atoms. The minimum Gasteiger partial charge on any atom is -0.445 e. The van der Waals surface area contributed by atoms with Gasteiger partial charge in [-0.05, 0) is 56.0 Å². The minimum atomic E-state index is -0.255. The zero-order chi connectivity index (χ0) is 26.5. The van der Waals surface area contributed by atoms with Crippen molar-refractivity contribution >= 4 is 11.9 Å². The number of hydrogen-bond acceptors (Lipinski definition) is 7. The van der Waals surface area contributed by atoms with E-state index in [4.69, 9.17) is 4.74 Å². The number of nitrogens with zero attached hydrogens (tertiary/aromatic N) is 6. The standard InChI is InChI=1S/C30H34N6O2/c1-2-17-38-29(37)36(27-18-26(27)24-7-4-3-5-8-24)20-23-10-15-35(16-11-23)30(12-13-31)21-34(22-30)28-25(19-32)9-6-14-33-28/h2-9,14,23,26-27H,1,10-12,15-18,20-22H2/t26-,27+/m0/s1. The van der Waals surface area contributed by atoms with Crippen molar-refractivity contribution in [3.63, 3.8) is 0 Å². The van der Waals surface area contributed by atoms with Gasteiger partial charge >= 0.3 is 6.09 Å². The fourth-order valence-electron chi connectivity index (χ4n) is 6.13. The number of amides is 1. The zero-order valence-electron chi connectivity index (χ0n) is 21.7. The molecule has 2 atom stereocenters. The molecule has 5 rings (SSSR count). The minimum absolute atomic E-state index is 0.172. The monoisotopic (exact) mass is 510 g/mol. The number of piperidine rings is 1. The molecule has 0 N–H and O–H groups in total. The summed E-state index contributed by atoms with van der Waals surface area (Å²) in [7, 11) is 0. The van der Waals surface area contributed by atoms with Crippen LogP contribution in [0.5, 0.6) is 0 Å². The summed E-state index contributed by atoms with van der Waals surface area (Å²) >= 11 is 0. The molecule has 8 heteroatoms. The van der Waals surface area contributed by atoms with Gasteiger partial charge in [0.1, 0.15) is 18.5 Å². The predicted molar refractivity (Wildman–Crippen MR) is 144 cm³/mol. The molecule has 0 unspecified atom stereocenters. The fraction of sp³-hybridized carbons (Fsp3) is 0.467. The quantitative estimate of drug-likeness (QED) is 0.464. The Labute approximate surface area is 224 Å². The summed E-state index contributed by atoms with van der Waals surface area (Å²) in [6.45, 7) is 7.74. The van der Waals surface area contributed by atoms with E-state index in [0.29, 0.717) is 49.3 Å². The molecule has 3 fully saturated rings. The van der Waals surface area contributed by atoms with Crippen LogP contribution in [0.3, 0.4) is 0 Å². The Balaban J connectivity index is 1.20. The van der Waals surface area contributed by atoms with Gasteiger partial charge in [0.15, 0.2) is 0 Å². The van der Waals surface area contributed by atoms with E-state index in [1.807, 2.05) is 11.0 Å². The highest BCUT2D eigenvalue weighted by molar-refractivity contribution is 5.69. The molecule has 1 aliphatic carbocycles. The third kappa shape index (κ3) is 5.23. The first kappa shape index (κ1) is 25.8. The molecule has 2 aromatic rings. The van der Waals surface area contributed by atoms with Gasteiger partial charge in [-0.15, -0.1) is 0 Å². The number of carbonyl (C=O) groups is 1. The maximum absolute atomic E-state index is 13.0. The average Bonchev–Trinajstić information content (AvgIpc) is 3.74. The van der Waals surface area contributed by atoms with Gasteiger partial charge in [-0.2, -0.15) is 10.5 Å². The summed E-state index contributed by atoms with van der Waals surface area (Å²) in [6.07, 6.45) is 6.41. The molecule has 2 saturated heterocycles.